The highest BCUT2D eigenvalue weighted by Crippen LogP contribution is 2.22. The number of carbonyl (C=O) groups excluding carboxylic acids is 1. The summed E-state index contributed by atoms with van der Waals surface area (Å²) in [4.78, 5) is 15.0. The van der Waals surface area contributed by atoms with Gasteiger partial charge in [0.15, 0.2) is 6.10 Å². The van der Waals surface area contributed by atoms with Crippen LogP contribution in [0, 0.1) is 0 Å². The third-order valence-electron chi connectivity index (χ3n) is 5.34. The quantitative estimate of drug-likeness (QED) is 0.697. The van der Waals surface area contributed by atoms with Crippen LogP contribution in [-0.4, -0.2) is 42.6 Å². The molecule has 1 N–H and O–H groups in total. The van der Waals surface area contributed by atoms with Crippen molar-refractivity contribution in [1.82, 2.24) is 10.2 Å². The third kappa shape index (κ3) is 6.47. The smallest absolute Gasteiger partial charge is 0.260 e. The Balaban J connectivity index is 1.45. The van der Waals surface area contributed by atoms with E-state index in [1.165, 1.54) is 11.1 Å². The fourth-order valence-electron chi connectivity index (χ4n) is 3.50. The van der Waals surface area contributed by atoms with E-state index in [4.69, 9.17) is 4.74 Å². The maximum Gasteiger partial charge on any atom is 0.260 e. The van der Waals surface area contributed by atoms with Crippen molar-refractivity contribution in [2.75, 3.05) is 19.6 Å². The Morgan fingerprint density at radius 2 is 1.69 bits per heavy atom. The van der Waals surface area contributed by atoms with Gasteiger partial charge in [0, 0.05) is 25.7 Å². The molecule has 0 bridgehead atoms. The molecule has 29 heavy (non-hydrogen) atoms. The summed E-state index contributed by atoms with van der Waals surface area (Å²) in [6, 6.07) is 18.4. The molecule has 2 aromatic rings. The van der Waals surface area contributed by atoms with E-state index in [0.717, 1.165) is 38.0 Å². The van der Waals surface area contributed by atoms with Crippen LogP contribution in [0.2, 0.25) is 0 Å². The normalized spacial score (nSPS) is 16.1. The van der Waals surface area contributed by atoms with Crippen LogP contribution in [0.15, 0.2) is 66.2 Å². The third-order valence-corrected chi connectivity index (χ3v) is 5.34. The molecule has 1 heterocycles. The van der Waals surface area contributed by atoms with E-state index in [-0.39, 0.29) is 11.9 Å². The standard InChI is InChI=1S/C25H32N2O2/c1-19(2)13-16-27-17-14-23(15-18-27)26-25(28)20(3)29-24-11-9-22(10-12-24)21-7-5-4-6-8-21/h4-13,20,23H,14-18H2,1-3H3,(H,26,28). The van der Waals surface area contributed by atoms with Crippen molar-refractivity contribution in [3.05, 3.63) is 66.2 Å². The number of nitrogens with zero attached hydrogens (tertiary/aromatic N) is 1. The minimum Gasteiger partial charge on any atom is -0.481 e. The van der Waals surface area contributed by atoms with Crippen molar-refractivity contribution in [2.24, 2.45) is 0 Å². The number of likely N-dealkylation sites (tertiary alicyclic amines) is 1. The first kappa shape index (κ1) is 21.1. The van der Waals surface area contributed by atoms with Crippen molar-refractivity contribution in [2.45, 2.75) is 45.8 Å². The number of nitrogens with one attached hydrogen (secondary N) is 1. The first-order chi connectivity index (χ1) is 14.0. The van der Waals surface area contributed by atoms with E-state index >= 15 is 0 Å². The largest absolute Gasteiger partial charge is 0.481 e. The van der Waals surface area contributed by atoms with Crippen LogP contribution in [-0.2, 0) is 4.79 Å². The summed E-state index contributed by atoms with van der Waals surface area (Å²) < 4.78 is 5.86. The van der Waals surface area contributed by atoms with Crippen LogP contribution >= 0.6 is 0 Å². The molecule has 1 fully saturated rings. The Hall–Kier alpha value is -2.59. The first-order valence-electron chi connectivity index (χ1n) is 10.5. The second kappa shape index (κ2) is 10.3. The maximum atomic E-state index is 12.5. The lowest BCUT2D eigenvalue weighted by molar-refractivity contribution is -0.128. The van der Waals surface area contributed by atoms with E-state index < -0.39 is 6.10 Å². The lowest BCUT2D eigenvalue weighted by Gasteiger charge is -2.32. The Kier molecular flexibility index (Phi) is 7.48. The first-order valence-corrected chi connectivity index (χ1v) is 10.5. The van der Waals surface area contributed by atoms with Gasteiger partial charge in [-0.3, -0.25) is 9.69 Å². The average molecular weight is 393 g/mol. The highest BCUT2D eigenvalue weighted by atomic mass is 16.5. The zero-order chi connectivity index (χ0) is 20.6. The zero-order valence-electron chi connectivity index (χ0n) is 17.7. The summed E-state index contributed by atoms with van der Waals surface area (Å²) in [6.45, 7) is 9.11. The van der Waals surface area contributed by atoms with Gasteiger partial charge in [0.1, 0.15) is 5.75 Å². The lowest BCUT2D eigenvalue weighted by Crippen LogP contribution is -2.48. The Morgan fingerprint density at radius 3 is 2.31 bits per heavy atom. The summed E-state index contributed by atoms with van der Waals surface area (Å²) in [5.41, 5.74) is 3.65. The second-order valence-corrected chi connectivity index (χ2v) is 8.02. The summed E-state index contributed by atoms with van der Waals surface area (Å²) >= 11 is 0. The number of piperidine rings is 1. The molecule has 0 aromatic heterocycles. The molecule has 2 aromatic carbocycles. The molecule has 0 spiro atoms. The molecule has 1 aliphatic rings. The number of hydrogen-bond acceptors (Lipinski definition) is 3. The number of benzene rings is 2. The zero-order valence-corrected chi connectivity index (χ0v) is 17.7. The predicted molar refractivity (Wildman–Crippen MR) is 119 cm³/mol. The van der Waals surface area contributed by atoms with Crippen LogP contribution in [0.5, 0.6) is 5.75 Å². The van der Waals surface area contributed by atoms with Crippen LogP contribution in [0.25, 0.3) is 11.1 Å². The minimum absolute atomic E-state index is 0.0418. The van der Waals surface area contributed by atoms with Gasteiger partial charge >= 0.3 is 0 Å². The maximum absolute atomic E-state index is 12.5. The fourth-order valence-corrected chi connectivity index (χ4v) is 3.50. The van der Waals surface area contributed by atoms with Gasteiger partial charge in [-0.05, 0) is 56.9 Å². The van der Waals surface area contributed by atoms with E-state index in [9.17, 15) is 4.79 Å². The Bertz CT molecular complexity index is 802. The summed E-state index contributed by atoms with van der Waals surface area (Å²) in [5, 5.41) is 3.16. The summed E-state index contributed by atoms with van der Waals surface area (Å²) in [6.07, 6.45) is 3.72. The number of ether oxygens (including phenoxy) is 1. The highest BCUT2D eigenvalue weighted by molar-refractivity contribution is 5.81. The van der Waals surface area contributed by atoms with E-state index in [1.54, 1.807) is 0 Å². The average Bonchev–Trinajstić information content (AvgIpc) is 2.74. The summed E-state index contributed by atoms with van der Waals surface area (Å²) in [5.74, 6) is 0.670. The molecular formula is C25H32N2O2. The summed E-state index contributed by atoms with van der Waals surface area (Å²) in [7, 11) is 0. The Labute approximate surface area is 174 Å². The van der Waals surface area contributed by atoms with Crippen LogP contribution < -0.4 is 10.1 Å². The van der Waals surface area contributed by atoms with Gasteiger partial charge in [0.05, 0.1) is 0 Å². The van der Waals surface area contributed by atoms with Gasteiger partial charge in [0.2, 0.25) is 0 Å². The SMILES string of the molecule is CC(C)=CCN1CCC(NC(=O)C(C)Oc2ccc(-c3ccccc3)cc2)CC1. The highest BCUT2D eigenvalue weighted by Gasteiger charge is 2.23. The lowest BCUT2D eigenvalue weighted by atomic mass is 10.0. The minimum atomic E-state index is -0.513. The van der Waals surface area contributed by atoms with Crippen LogP contribution in [0.1, 0.15) is 33.6 Å². The number of carbonyl (C=O) groups is 1. The molecule has 4 nitrogen and oxygen atoms in total. The molecule has 1 amide bonds. The Morgan fingerprint density at radius 1 is 1.07 bits per heavy atom. The molecule has 1 saturated heterocycles. The van der Waals surface area contributed by atoms with E-state index in [2.05, 4.69) is 42.3 Å². The molecular weight excluding hydrogens is 360 g/mol. The van der Waals surface area contributed by atoms with Gasteiger partial charge in [-0.1, -0.05) is 54.1 Å². The molecule has 1 unspecified atom stereocenters. The number of rotatable bonds is 7. The van der Waals surface area contributed by atoms with Crippen molar-refractivity contribution in [3.63, 3.8) is 0 Å². The van der Waals surface area contributed by atoms with Gasteiger partial charge in [-0.25, -0.2) is 0 Å². The van der Waals surface area contributed by atoms with Gasteiger partial charge in [-0.15, -0.1) is 0 Å². The van der Waals surface area contributed by atoms with Gasteiger partial charge in [0.25, 0.3) is 5.91 Å². The predicted octanol–water partition coefficient (Wildman–Crippen LogP) is 4.67. The molecule has 1 atom stereocenters. The van der Waals surface area contributed by atoms with Crippen molar-refractivity contribution >= 4 is 5.91 Å². The number of hydrogen-bond donors (Lipinski definition) is 1. The molecule has 3 rings (SSSR count). The second-order valence-electron chi connectivity index (χ2n) is 8.02. The van der Waals surface area contributed by atoms with Gasteiger partial charge < -0.3 is 10.1 Å². The van der Waals surface area contributed by atoms with Gasteiger partial charge in [-0.2, -0.15) is 0 Å². The fraction of sp³-hybridized carbons (Fsp3) is 0.400. The molecule has 0 aliphatic carbocycles. The molecule has 0 radical (unpaired) electrons. The van der Waals surface area contributed by atoms with Crippen molar-refractivity contribution in [1.29, 1.82) is 0 Å². The molecule has 4 heteroatoms. The van der Waals surface area contributed by atoms with Crippen molar-refractivity contribution < 1.29 is 9.53 Å². The van der Waals surface area contributed by atoms with E-state index in [0.29, 0.717) is 5.75 Å². The molecule has 1 aliphatic heterocycles. The van der Waals surface area contributed by atoms with Crippen LogP contribution in [0.3, 0.4) is 0 Å². The number of allylic oxidation sites excluding steroid dienone is 1. The molecule has 0 saturated carbocycles. The van der Waals surface area contributed by atoms with Crippen LogP contribution in [0.4, 0.5) is 0 Å². The number of amides is 1. The molecule has 154 valence electrons. The topological polar surface area (TPSA) is 41.6 Å². The van der Waals surface area contributed by atoms with E-state index in [1.807, 2.05) is 49.4 Å². The monoisotopic (exact) mass is 392 g/mol. The van der Waals surface area contributed by atoms with Crippen molar-refractivity contribution in [3.8, 4) is 16.9 Å².